The topological polar surface area (TPSA) is 63.2 Å². The van der Waals surface area contributed by atoms with E-state index in [4.69, 9.17) is 0 Å². The predicted octanol–water partition coefficient (Wildman–Crippen LogP) is 0.378. The molecule has 84 valence electrons. The van der Waals surface area contributed by atoms with Crippen molar-refractivity contribution in [2.75, 3.05) is 19.3 Å². The Labute approximate surface area is 86.0 Å². The monoisotopic (exact) mass is 221 g/mol. The molecular weight excluding hydrogens is 202 g/mol. The molecule has 0 aromatic heterocycles. The third-order valence-corrected chi connectivity index (χ3v) is 4.56. The summed E-state index contributed by atoms with van der Waals surface area (Å²) < 4.78 is 22.4. The number of sulfone groups is 1. The molecule has 0 aromatic rings. The van der Waals surface area contributed by atoms with Crippen LogP contribution in [0.4, 0.5) is 0 Å². The van der Waals surface area contributed by atoms with Crippen molar-refractivity contribution in [3.8, 4) is 0 Å². The fraction of sp³-hybridized carbons (Fsp3) is 0.889. The molecule has 0 rings (SSSR count). The summed E-state index contributed by atoms with van der Waals surface area (Å²) in [6.45, 7) is 5.17. The Hall–Kier alpha value is -0.420. The van der Waals surface area contributed by atoms with Gasteiger partial charge >= 0.3 is 0 Å². The van der Waals surface area contributed by atoms with E-state index in [-0.39, 0.29) is 24.5 Å². The molecule has 0 aliphatic rings. The Morgan fingerprint density at radius 2 is 1.79 bits per heavy atom. The van der Waals surface area contributed by atoms with E-state index in [2.05, 4.69) is 5.32 Å². The minimum absolute atomic E-state index is 0.0585. The SMILES string of the molecule is CNCC(=O)CCS(=O)(=O)C(C)(C)C. The van der Waals surface area contributed by atoms with Crippen molar-refractivity contribution >= 4 is 15.6 Å². The molecular formula is C9H19NO3S. The van der Waals surface area contributed by atoms with Crippen LogP contribution >= 0.6 is 0 Å². The molecule has 0 saturated carbocycles. The standard InChI is InChI=1S/C9H19NO3S/c1-9(2,3)14(12,13)6-5-8(11)7-10-4/h10H,5-7H2,1-4H3. The molecule has 0 unspecified atom stereocenters. The minimum atomic E-state index is -3.16. The van der Waals surface area contributed by atoms with E-state index < -0.39 is 14.6 Å². The number of nitrogens with one attached hydrogen (secondary N) is 1. The van der Waals surface area contributed by atoms with Gasteiger partial charge in [0.2, 0.25) is 0 Å². The van der Waals surface area contributed by atoms with E-state index in [1.54, 1.807) is 27.8 Å². The van der Waals surface area contributed by atoms with E-state index in [9.17, 15) is 13.2 Å². The highest BCUT2D eigenvalue weighted by atomic mass is 32.2. The van der Waals surface area contributed by atoms with Gasteiger partial charge in [0.15, 0.2) is 9.84 Å². The molecule has 0 saturated heterocycles. The number of likely N-dealkylation sites (N-methyl/N-ethyl adjacent to an activating group) is 1. The van der Waals surface area contributed by atoms with Crippen molar-refractivity contribution in [3.63, 3.8) is 0 Å². The minimum Gasteiger partial charge on any atom is -0.313 e. The Kier molecular flexibility index (Phi) is 4.74. The average molecular weight is 221 g/mol. The van der Waals surface area contributed by atoms with E-state index in [1.807, 2.05) is 0 Å². The van der Waals surface area contributed by atoms with Crippen LogP contribution in [0.5, 0.6) is 0 Å². The molecule has 4 nitrogen and oxygen atoms in total. The Morgan fingerprint density at radius 3 is 2.14 bits per heavy atom. The lowest BCUT2D eigenvalue weighted by Gasteiger charge is -2.18. The first-order valence-corrected chi connectivity index (χ1v) is 6.24. The van der Waals surface area contributed by atoms with Gasteiger partial charge in [0, 0.05) is 6.42 Å². The van der Waals surface area contributed by atoms with Crippen molar-refractivity contribution in [2.45, 2.75) is 31.9 Å². The Morgan fingerprint density at radius 1 is 1.29 bits per heavy atom. The zero-order valence-electron chi connectivity index (χ0n) is 9.25. The van der Waals surface area contributed by atoms with Gasteiger partial charge in [-0.05, 0) is 27.8 Å². The van der Waals surface area contributed by atoms with Gasteiger partial charge in [-0.2, -0.15) is 0 Å². The van der Waals surface area contributed by atoms with Crippen LogP contribution < -0.4 is 5.32 Å². The van der Waals surface area contributed by atoms with E-state index >= 15 is 0 Å². The smallest absolute Gasteiger partial charge is 0.155 e. The van der Waals surface area contributed by atoms with Crippen LogP contribution in [-0.4, -0.2) is 38.3 Å². The maximum atomic E-state index is 11.6. The van der Waals surface area contributed by atoms with Crippen LogP contribution in [0.2, 0.25) is 0 Å². The molecule has 0 aliphatic heterocycles. The lowest BCUT2D eigenvalue weighted by Crippen LogP contribution is -2.32. The lowest BCUT2D eigenvalue weighted by atomic mass is 10.3. The van der Waals surface area contributed by atoms with Gasteiger partial charge in [0.1, 0.15) is 5.78 Å². The summed E-state index contributed by atoms with van der Waals surface area (Å²) >= 11 is 0. The summed E-state index contributed by atoms with van der Waals surface area (Å²) in [7, 11) is -1.50. The summed E-state index contributed by atoms with van der Waals surface area (Å²) in [6, 6.07) is 0. The second-order valence-corrected chi connectivity index (χ2v) is 7.11. The molecule has 0 fully saturated rings. The zero-order chi connectivity index (χ0) is 11.4. The zero-order valence-corrected chi connectivity index (χ0v) is 10.1. The highest BCUT2D eigenvalue weighted by molar-refractivity contribution is 7.92. The van der Waals surface area contributed by atoms with Gasteiger partial charge in [-0.25, -0.2) is 8.42 Å². The van der Waals surface area contributed by atoms with Crippen LogP contribution in [0.25, 0.3) is 0 Å². The second kappa shape index (κ2) is 4.89. The van der Waals surface area contributed by atoms with Crippen molar-refractivity contribution in [3.05, 3.63) is 0 Å². The first kappa shape index (κ1) is 13.6. The molecule has 14 heavy (non-hydrogen) atoms. The van der Waals surface area contributed by atoms with Crippen LogP contribution in [-0.2, 0) is 14.6 Å². The van der Waals surface area contributed by atoms with Crippen molar-refractivity contribution in [1.82, 2.24) is 5.32 Å². The molecule has 0 spiro atoms. The third kappa shape index (κ3) is 4.19. The van der Waals surface area contributed by atoms with Gasteiger partial charge in [-0.1, -0.05) is 0 Å². The number of Topliss-reactive ketones (excluding diaryl/α,β-unsaturated/α-hetero) is 1. The molecule has 0 bridgehead atoms. The van der Waals surface area contributed by atoms with Gasteiger partial charge < -0.3 is 5.32 Å². The van der Waals surface area contributed by atoms with Gasteiger partial charge in [-0.15, -0.1) is 0 Å². The van der Waals surface area contributed by atoms with Gasteiger partial charge in [0.05, 0.1) is 17.0 Å². The highest BCUT2D eigenvalue weighted by Crippen LogP contribution is 2.16. The molecule has 0 atom stereocenters. The van der Waals surface area contributed by atoms with E-state index in [1.165, 1.54) is 0 Å². The van der Waals surface area contributed by atoms with Gasteiger partial charge in [0.25, 0.3) is 0 Å². The van der Waals surface area contributed by atoms with Crippen LogP contribution in [0.1, 0.15) is 27.2 Å². The summed E-state index contributed by atoms with van der Waals surface area (Å²) in [5, 5.41) is 2.70. The predicted molar refractivity (Wildman–Crippen MR) is 57.1 cm³/mol. The highest BCUT2D eigenvalue weighted by Gasteiger charge is 2.28. The number of hydrogen-bond acceptors (Lipinski definition) is 4. The molecule has 0 aromatic carbocycles. The van der Waals surface area contributed by atoms with Crippen LogP contribution in [0.3, 0.4) is 0 Å². The number of carbonyl (C=O) groups excluding carboxylic acids is 1. The fourth-order valence-corrected chi connectivity index (χ4v) is 1.95. The molecule has 5 heteroatoms. The largest absolute Gasteiger partial charge is 0.313 e. The summed E-state index contributed by atoms with van der Waals surface area (Å²) in [5.74, 6) is -0.128. The number of rotatable bonds is 5. The van der Waals surface area contributed by atoms with Crippen molar-refractivity contribution in [2.24, 2.45) is 0 Å². The second-order valence-electron chi connectivity index (χ2n) is 4.25. The van der Waals surface area contributed by atoms with Crippen molar-refractivity contribution in [1.29, 1.82) is 0 Å². The first-order chi connectivity index (χ1) is 6.20. The third-order valence-electron chi connectivity index (χ3n) is 1.96. The lowest BCUT2D eigenvalue weighted by molar-refractivity contribution is -0.117. The van der Waals surface area contributed by atoms with Crippen LogP contribution in [0, 0.1) is 0 Å². The normalized spacial score (nSPS) is 12.9. The summed E-state index contributed by atoms with van der Waals surface area (Å²) in [6.07, 6.45) is 0.0977. The molecule has 0 aliphatic carbocycles. The number of ketones is 1. The Bertz CT molecular complexity index is 288. The van der Waals surface area contributed by atoms with E-state index in [0.29, 0.717) is 0 Å². The van der Waals surface area contributed by atoms with Crippen molar-refractivity contribution < 1.29 is 13.2 Å². The van der Waals surface area contributed by atoms with Gasteiger partial charge in [-0.3, -0.25) is 4.79 Å². The first-order valence-electron chi connectivity index (χ1n) is 4.59. The molecule has 0 amide bonds. The Balaban J connectivity index is 4.22. The van der Waals surface area contributed by atoms with Crippen LogP contribution in [0.15, 0.2) is 0 Å². The molecule has 0 radical (unpaired) electrons. The summed E-state index contributed by atoms with van der Waals surface area (Å²) in [4.78, 5) is 11.1. The maximum Gasteiger partial charge on any atom is 0.155 e. The molecule has 1 N–H and O–H groups in total. The molecule has 0 heterocycles. The maximum absolute atomic E-state index is 11.6. The number of hydrogen-bond donors (Lipinski definition) is 1. The quantitative estimate of drug-likeness (QED) is 0.729. The number of carbonyl (C=O) groups is 1. The van der Waals surface area contributed by atoms with E-state index in [0.717, 1.165) is 0 Å². The summed E-state index contributed by atoms with van der Waals surface area (Å²) in [5.41, 5.74) is 0. The average Bonchev–Trinajstić information content (AvgIpc) is 1.99. The fourth-order valence-electron chi connectivity index (χ4n) is 0.840.